The van der Waals surface area contributed by atoms with Crippen LogP contribution in [0.2, 0.25) is 0 Å². The van der Waals surface area contributed by atoms with Crippen LogP contribution >= 0.6 is 0 Å². The van der Waals surface area contributed by atoms with E-state index in [2.05, 4.69) is 10.2 Å². The number of rotatable bonds is 3. The number of carbonyl (C=O) groups is 3. The predicted octanol–water partition coefficient (Wildman–Crippen LogP) is 2.44. The SMILES string of the molecule is CC(C)(C)OC(=O)N1C[C@@H](N2CCC3(CC2)CNC(=O)[C@H]3c2ccccc2)C[C@H]1C(=O)O. The Morgan fingerprint density at radius 1 is 1.16 bits per heavy atom. The molecule has 1 spiro atoms. The van der Waals surface area contributed by atoms with Crippen molar-refractivity contribution in [1.29, 1.82) is 0 Å². The lowest BCUT2D eigenvalue weighted by Gasteiger charge is -2.43. The molecular formula is C24H33N3O5. The van der Waals surface area contributed by atoms with E-state index in [0.29, 0.717) is 19.5 Å². The zero-order chi connectivity index (χ0) is 23.1. The first-order valence-electron chi connectivity index (χ1n) is 11.4. The Labute approximate surface area is 188 Å². The number of amides is 2. The summed E-state index contributed by atoms with van der Waals surface area (Å²) in [5.74, 6) is -1.06. The summed E-state index contributed by atoms with van der Waals surface area (Å²) in [7, 11) is 0. The van der Waals surface area contributed by atoms with Crippen LogP contribution in [0, 0.1) is 5.41 Å². The molecule has 8 heteroatoms. The molecule has 3 aliphatic rings. The number of nitrogens with one attached hydrogen (secondary N) is 1. The van der Waals surface area contributed by atoms with E-state index in [4.69, 9.17) is 4.74 Å². The van der Waals surface area contributed by atoms with Gasteiger partial charge in [0.1, 0.15) is 11.6 Å². The van der Waals surface area contributed by atoms with Crippen molar-refractivity contribution < 1.29 is 24.2 Å². The van der Waals surface area contributed by atoms with Crippen LogP contribution < -0.4 is 5.32 Å². The predicted molar refractivity (Wildman–Crippen MR) is 118 cm³/mol. The standard InChI is InChI=1S/C24H33N3O5/c1-23(2,3)32-22(31)27-14-17(13-18(27)21(29)30)26-11-9-24(10-12-26)15-25-20(28)19(24)16-7-5-4-6-8-16/h4-8,17-19H,9-15H2,1-3H3,(H,25,28)(H,29,30)/t17-,18-,19+/m0/s1. The summed E-state index contributed by atoms with van der Waals surface area (Å²) in [5.41, 5.74) is 0.258. The number of hydrogen-bond donors (Lipinski definition) is 2. The lowest BCUT2D eigenvalue weighted by molar-refractivity contribution is -0.142. The highest BCUT2D eigenvalue weighted by Gasteiger charge is 2.52. The molecule has 0 saturated carbocycles. The quantitative estimate of drug-likeness (QED) is 0.745. The molecule has 32 heavy (non-hydrogen) atoms. The van der Waals surface area contributed by atoms with Gasteiger partial charge in [-0.05, 0) is 58.7 Å². The monoisotopic (exact) mass is 443 g/mol. The van der Waals surface area contributed by atoms with Crippen molar-refractivity contribution in [3.63, 3.8) is 0 Å². The average Bonchev–Trinajstić information content (AvgIpc) is 3.31. The maximum atomic E-state index is 12.7. The van der Waals surface area contributed by atoms with Gasteiger partial charge in [0.15, 0.2) is 0 Å². The molecule has 3 aliphatic heterocycles. The van der Waals surface area contributed by atoms with Crippen LogP contribution in [0.1, 0.15) is 51.5 Å². The maximum Gasteiger partial charge on any atom is 0.411 e. The van der Waals surface area contributed by atoms with Crippen LogP contribution in [0.4, 0.5) is 4.79 Å². The molecule has 3 saturated heterocycles. The van der Waals surface area contributed by atoms with Gasteiger partial charge in [0.25, 0.3) is 0 Å². The van der Waals surface area contributed by atoms with Gasteiger partial charge < -0.3 is 15.2 Å². The number of hydrogen-bond acceptors (Lipinski definition) is 5. The minimum Gasteiger partial charge on any atom is -0.480 e. The van der Waals surface area contributed by atoms with E-state index in [9.17, 15) is 19.5 Å². The van der Waals surface area contributed by atoms with E-state index in [1.54, 1.807) is 20.8 Å². The Morgan fingerprint density at radius 2 is 1.81 bits per heavy atom. The summed E-state index contributed by atoms with van der Waals surface area (Å²) in [6.07, 6.45) is 1.52. The number of aliphatic carboxylic acids is 1. The number of carbonyl (C=O) groups excluding carboxylic acids is 2. The number of carboxylic acids is 1. The van der Waals surface area contributed by atoms with E-state index in [1.165, 1.54) is 4.90 Å². The first kappa shape index (κ1) is 22.6. The Kier molecular flexibility index (Phi) is 5.92. The number of ether oxygens (including phenoxy) is 1. The third-order valence-electron chi connectivity index (χ3n) is 7.12. The van der Waals surface area contributed by atoms with Crippen molar-refractivity contribution in [2.45, 2.75) is 63.6 Å². The first-order valence-corrected chi connectivity index (χ1v) is 11.4. The van der Waals surface area contributed by atoms with E-state index >= 15 is 0 Å². The zero-order valence-electron chi connectivity index (χ0n) is 19.0. The molecule has 2 N–H and O–H groups in total. The van der Waals surface area contributed by atoms with Crippen LogP contribution in [0.5, 0.6) is 0 Å². The van der Waals surface area contributed by atoms with Gasteiger partial charge in [0, 0.05) is 24.5 Å². The number of likely N-dealkylation sites (tertiary alicyclic amines) is 2. The second-order valence-electron chi connectivity index (χ2n) is 10.3. The fourth-order valence-electron chi connectivity index (χ4n) is 5.53. The summed E-state index contributed by atoms with van der Waals surface area (Å²) in [4.78, 5) is 40.8. The molecule has 0 bridgehead atoms. The van der Waals surface area contributed by atoms with Gasteiger partial charge in [-0.15, -0.1) is 0 Å². The summed E-state index contributed by atoms with van der Waals surface area (Å²) < 4.78 is 5.45. The second-order valence-corrected chi connectivity index (χ2v) is 10.3. The molecule has 8 nitrogen and oxygen atoms in total. The Bertz CT molecular complexity index is 873. The number of nitrogens with zero attached hydrogens (tertiary/aromatic N) is 2. The molecule has 4 rings (SSSR count). The molecule has 3 fully saturated rings. The van der Waals surface area contributed by atoms with Crippen molar-refractivity contribution in [1.82, 2.24) is 15.1 Å². The zero-order valence-corrected chi connectivity index (χ0v) is 19.0. The summed E-state index contributed by atoms with van der Waals surface area (Å²) in [6, 6.07) is 9.05. The summed E-state index contributed by atoms with van der Waals surface area (Å²) >= 11 is 0. The molecule has 3 atom stereocenters. The Balaban J connectivity index is 1.44. The molecule has 2 amide bonds. The van der Waals surface area contributed by atoms with Gasteiger partial charge in [0.05, 0.1) is 5.92 Å². The van der Waals surface area contributed by atoms with Crippen LogP contribution in [0.3, 0.4) is 0 Å². The normalized spacial score (nSPS) is 28.0. The van der Waals surface area contributed by atoms with E-state index in [0.717, 1.165) is 31.5 Å². The van der Waals surface area contributed by atoms with Crippen molar-refractivity contribution in [3.8, 4) is 0 Å². The van der Waals surface area contributed by atoms with E-state index in [-0.39, 0.29) is 23.3 Å². The van der Waals surface area contributed by atoms with Crippen molar-refractivity contribution >= 4 is 18.0 Å². The highest BCUT2D eigenvalue weighted by molar-refractivity contribution is 5.87. The summed E-state index contributed by atoms with van der Waals surface area (Å²) in [6.45, 7) is 7.90. The molecule has 3 heterocycles. The fraction of sp³-hybridized carbons (Fsp3) is 0.625. The van der Waals surface area contributed by atoms with E-state index < -0.39 is 23.7 Å². The topological polar surface area (TPSA) is 99.2 Å². The number of benzene rings is 1. The van der Waals surface area contributed by atoms with Gasteiger partial charge in [-0.25, -0.2) is 9.59 Å². The average molecular weight is 444 g/mol. The molecule has 0 aromatic heterocycles. The smallest absolute Gasteiger partial charge is 0.411 e. The van der Waals surface area contributed by atoms with Crippen molar-refractivity contribution in [2.24, 2.45) is 5.41 Å². The van der Waals surface area contributed by atoms with E-state index in [1.807, 2.05) is 30.3 Å². The van der Waals surface area contributed by atoms with Gasteiger partial charge in [-0.1, -0.05) is 30.3 Å². The Morgan fingerprint density at radius 3 is 2.41 bits per heavy atom. The molecule has 0 aliphatic carbocycles. The number of piperidine rings is 1. The lowest BCUT2D eigenvalue weighted by Crippen LogP contribution is -2.48. The van der Waals surface area contributed by atoms with Crippen LogP contribution in [0.25, 0.3) is 0 Å². The lowest BCUT2D eigenvalue weighted by atomic mass is 9.68. The van der Waals surface area contributed by atoms with Crippen LogP contribution in [-0.2, 0) is 14.3 Å². The molecular weight excluding hydrogens is 410 g/mol. The van der Waals surface area contributed by atoms with Gasteiger partial charge in [0.2, 0.25) is 5.91 Å². The molecule has 1 aromatic carbocycles. The van der Waals surface area contributed by atoms with Gasteiger partial charge >= 0.3 is 12.1 Å². The molecule has 1 aromatic rings. The van der Waals surface area contributed by atoms with Crippen molar-refractivity contribution in [2.75, 3.05) is 26.2 Å². The third kappa shape index (κ3) is 4.33. The van der Waals surface area contributed by atoms with Crippen LogP contribution in [0.15, 0.2) is 30.3 Å². The minimum atomic E-state index is -0.999. The third-order valence-corrected chi connectivity index (χ3v) is 7.12. The Hall–Kier alpha value is -2.61. The molecule has 0 radical (unpaired) electrons. The summed E-state index contributed by atoms with van der Waals surface area (Å²) in [5, 5.41) is 12.8. The highest BCUT2D eigenvalue weighted by Crippen LogP contribution is 2.48. The van der Waals surface area contributed by atoms with Crippen LogP contribution in [-0.4, -0.2) is 76.7 Å². The fourth-order valence-corrected chi connectivity index (χ4v) is 5.53. The first-order chi connectivity index (χ1) is 15.1. The largest absolute Gasteiger partial charge is 0.480 e. The maximum absolute atomic E-state index is 12.7. The minimum absolute atomic E-state index is 0.0267. The van der Waals surface area contributed by atoms with Crippen molar-refractivity contribution in [3.05, 3.63) is 35.9 Å². The molecule has 0 unspecified atom stereocenters. The van der Waals surface area contributed by atoms with Gasteiger partial charge in [-0.2, -0.15) is 0 Å². The highest BCUT2D eigenvalue weighted by atomic mass is 16.6. The van der Waals surface area contributed by atoms with Gasteiger partial charge in [-0.3, -0.25) is 14.6 Å². The molecule has 174 valence electrons. The second kappa shape index (κ2) is 8.39. The number of carboxylic acid groups (broad SMARTS) is 1.